The summed E-state index contributed by atoms with van der Waals surface area (Å²) in [6.45, 7) is 1.71. The molecule has 1 fully saturated rings. The number of nitrogens with one attached hydrogen (secondary N) is 3. The molecule has 9 heteroatoms. The number of urea groups is 1. The molecule has 166 valence electrons. The van der Waals surface area contributed by atoms with Gasteiger partial charge in [-0.05, 0) is 49.9 Å². The molecule has 2 heterocycles. The Morgan fingerprint density at radius 1 is 1.23 bits per heavy atom. The first-order chi connectivity index (χ1) is 15.0. The predicted octanol–water partition coefficient (Wildman–Crippen LogP) is 2.86. The molecule has 1 aliphatic rings. The van der Waals surface area contributed by atoms with Gasteiger partial charge in [0.05, 0.1) is 13.3 Å². The average Bonchev–Trinajstić information content (AvgIpc) is 2.79. The zero-order valence-electron chi connectivity index (χ0n) is 17.7. The van der Waals surface area contributed by atoms with Crippen molar-refractivity contribution >= 4 is 29.2 Å². The Morgan fingerprint density at radius 3 is 2.65 bits per heavy atom. The second-order valence-corrected chi connectivity index (χ2v) is 7.86. The molecule has 0 bridgehead atoms. The van der Waals surface area contributed by atoms with Crippen molar-refractivity contribution < 1.29 is 14.3 Å². The van der Waals surface area contributed by atoms with E-state index in [4.69, 9.17) is 16.3 Å². The van der Waals surface area contributed by atoms with E-state index in [0.717, 1.165) is 5.69 Å². The van der Waals surface area contributed by atoms with Crippen molar-refractivity contribution in [3.8, 4) is 5.75 Å². The number of pyridine rings is 1. The lowest BCUT2D eigenvalue weighted by molar-refractivity contribution is -0.132. The van der Waals surface area contributed by atoms with Crippen LogP contribution >= 0.6 is 11.6 Å². The fraction of sp³-hybridized carbons (Fsp3) is 0.409. The molecule has 1 aromatic carbocycles. The van der Waals surface area contributed by atoms with Gasteiger partial charge in [-0.1, -0.05) is 11.6 Å². The summed E-state index contributed by atoms with van der Waals surface area (Å²) in [4.78, 5) is 31.6. The highest BCUT2D eigenvalue weighted by molar-refractivity contribution is 6.30. The van der Waals surface area contributed by atoms with E-state index in [1.54, 1.807) is 37.6 Å². The minimum absolute atomic E-state index is 0.0944. The molecule has 2 aromatic rings. The Bertz CT molecular complexity index is 876. The van der Waals surface area contributed by atoms with Crippen LogP contribution in [0.4, 0.5) is 10.5 Å². The van der Waals surface area contributed by atoms with Gasteiger partial charge in [0, 0.05) is 54.4 Å². The number of nitrogens with zero attached hydrogens (tertiary/aromatic N) is 2. The number of rotatable bonds is 7. The smallest absolute Gasteiger partial charge is 0.319 e. The number of amides is 3. The fourth-order valence-electron chi connectivity index (χ4n) is 3.64. The van der Waals surface area contributed by atoms with E-state index in [-0.39, 0.29) is 23.9 Å². The van der Waals surface area contributed by atoms with Crippen LogP contribution in [0.25, 0.3) is 0 Å². The third kappa shape index (κ3) is 6.32. The van der Waals surface area contributed by atoms with E-state index >= 15 is 0 Å². The van der Waals surface area contributed by atoms with Crippen molar-refractivity contribution in [1.29, 1.82) is 0 Å². The van der Waals surface area contributed by atoms with Crippen LogP contribution in [-0.4, -0.2) is 61.7 Å². The quantitative estimate of drug-likeness (QED) is 0.609. The predicted molar refractivity (Wildman–Crippen MR) is 121 cm³/mol. The first-order valence-electron chi connectivity index (χ1n) is 10.3. The molecule has 3 amide bonds. The number of carbonyl (C=O) groups is 2. The second kappa shape index (κ2) is 11.0. The third-order valence-corrected chi connectivity index (χ3v) is 5.60. The summed E-state index contributed by atoms with van der Waals surface area (Å²) in [5.41, 5.74) is 1.46. The monoisotopic (exact) mass is 445 g/mol. The molecule has 0 aliphatic carbocycles. The van der Waals surface area contributed by atoms with Crippen molar-refractivity contribution in [3.63, 3.8) is 0 Å². The van der Waals surface area contributed by atoms with Gasteiger partial charge < -0.3 is 25.6 Å². The molecular formula is C22H28ClN5O3. The number of benzene rings is 1. The van der Waals surface area contributed by atoms with Gasteiger partial charge in [0.1, 0.15) is 5.75 Å². The molecule has 3 rings (SSSR count). The van der Waals surface area contributed by atoms with Gasteiger partial charge in [-0.2, -0.15) is 0 Å². The fourth-order valence-corrected chi connectivity index (χ4v) is 3.77. The lowest BCUT2D eigenvalue weighted by atomic mass is 9.88. The maximum absolute atomic E-state index is 12.6. The van der Waals surface area contributed by atoms with E-state index < -0.39 is 0 Å². The molecule has 31 heavy (non-hydrogen) atoms. The lowest BCUT2D eigenvalue weighted by Gasteiger charge is -2.38. The number of methoxy groups -OCH3 is 1. The summed E-state index contributed by atoms with van der Waals surface area (Å²) in [6.07, 6.45) is 2.73. The Hall–Kier alpha value is -2.84. The molecule has 2 unspecified atom stereocenters. The van der Waals surface area contributed by atoms with Crippen LogP contribution in [0.3, 0.4) is 0 Å². The lowest BCUT2D eigenvalue weighted by Crippen LogP contribution is -2.52. The maximum atomic E-state index is 12.6. The van der Waals surface area contributed by atoms with Gasteiger partial charge in [-0.25, -0.2) is 4.79 Å². The van der Waals surface area contributed by atoms with Gasteiger partial charge in [-0.3, -0.25) is 9.78 Å². The second-order valence-electron chi connectivity index (χ2n) is 7.42. The van der Waals surface area contributed by atoms with Crippen LogP contribution in [0, 0.1) is 0 Å². The van der Waals surface area contributed by atoms with Crippen molar-refractivity contribution in [1.82, 2.24) is 20.5 Å². The van der Waals surface area contributed by atoms with Crippen LogP contribution in [0.1, 0.15) is 24.5 Å². The SMILES string of the molecule is CNCCC(=O)N1CCC(NC(=O)Nc2ccc(Cl)cc2)C(c2ccc(OC)cn2)C1. The Labute approximate surface area is 187 Å². The summed E-state index contributed by atoms with van der Waals surface area (Å²) in [5, 5.41) is 9.50. The Kier molecular flexibility index (Phi) is 8.08. The molecule has 1 aliphatic heterocycles. The molecule has 0 spiro atoms. The number of halogens is 1. The maximum Gasteiger partial charge on any atom is 0.319 e. The van der Waals surface area contributed by atoms with Crippen molar-refractivity contribution in [3.05, 3.63) is 53.3 Å². The Balaban J connectivity index is 1.72. The molecular weight excluding hydrogens is 418 g/mol. The van der Waals surface area contributed by atoms with Crippen molar-refractivity contribution in [2.24, 2.45) is 0 Å². The van der Waals surface area contributed by atoms with E-state index in [9.17, 15) is 9.59 Å². The van der Waals surface area contributed by atoms with Crippen molar-refractivity contribution in [2.45, 2.75) is 24.8 Å². The zero-order valence-corrected chi connectivity index (χ0v) is 18.5. The molecule has 2 atom stereocenters. The topological polar surface area (TPSA) is 95.6 Å². The summed E-state index contributed by atoms with van der Waals surface area (Å²) in [6, 6.07) is 10.2. The molecule has 1 saturated heterocycles. The molecule has 1 aromatic heterocycles. The van der Waals surface area contributed by atoms with E-state index in [1.165, 1.54) is 0 Å². The van der Waals surface area contributed by atoms with E-state index in [2.05, 4.69) is 20.9 Å². The molecule has 8 nitrogen and oxygen atoms in total. The zero-order chi connectivity index (χ0) is 22.2. The van der Waals surface area contributed by atoms with Crippen LogP contribution in [0.5, 0.6) is 5.75 Å². The standard InChI is InChI=1S/C22H28ClN5O3/c1-24-11-9-21(29)28-12-10-20(18(14-28)19-8-7-17(31-2)13-25-19)27-22(30)26-16-5-3-15(23)4-6-16/h3-8,13,18,20,24H,9-12,14H2,1-2H3,(H2,26,27,30). The summed E-state index contributed by atoms with van der Waals surface area (Å²) >= 11 is 5.90. The number of ether oxygens (including phenoxy) is 1. The molecule has 0 radical (unpaired) electrons. The molecule has 0 saturated carbocycles. The highest BCUT2D eigenvalue weighted by Crippen LogP contribution is 2.28. The number of piperidine rings is 1. The first kappa shape index (κ1) is 22.8. The molecule has 3 N–H and O–H groups in total. The van der Waals surface area contributed by atoms with Crippen LogP contribution < -0.4 is 20.7 Å². The minimum Gasteiger partial charge on any atom is -0.495 e. The van der Waals surface area contributed by atoms with E-state index in [1.807, 2.05) is 24.1 Å². The number of hydrogen-bond donors (Lipinski definition) is 3. The largest absolute Gasteiger partial charge is 0.495 e. The number of anilines is 1. The highest BCUT2D eigenvalue weighted by Gasteiger charge is 2.34. The summed E-state index contributed by atoms with van der Waals surface area (Å²) < 4.78 is 5.20. The minimum atomic E-state index is -0.305. The van der Waals surface area contributed by atoms with E-state index in [0.29, 0.717) is 48.9 Å². The third-order valence-electron chi connectivity index (χ3n) is 5.35. The van der Waals surface area contributed by atoms with Gasteiger partial charge in [0.15, 0.2) is 0 Å². The number of carbonyl (C=O) groups excluding carboxylic acids is 2. The first-order valence-corrected chi connectivity index (χ1v) is 10.6. The van der Waals surface area contributed by atoms with Crippen molar-refractivity contribution in [2.75, 3.05) is 39.1 Å². The van der Waals surface area contributed by atoms with Crippen LogP contribution in [-0.2, 0) is 4.79 Å². The van der Waals surface area contributed by atoms with Crippen LogP contribution in [0.15, 0.2) is 42.6 Å². The van der Waals surface area contributed by atoms with Gasteiger partial charge in [-0.15, -0.1) is 0 Å². The number of likely N-dealkylation sites (tertiary alicyclic amines) is 1. The number of hydrogen-bond acceptors (Lipinski definition) is 5. The highest BCUT2D eigenvalue weighted by atomic mass is 35.5. The Morgan fingerprint density at radius 2 is 2.00 bits per heavy atom. The average molecular weight is 446 g/mol. The normalized spacial score (nSPS) is 18.4. The van der Waals surface area contributed by atoms with Crippen LogP contribution in [0.2, 0.25) is 5.02 Å². The summed E-state index contributed by atoms with van der Waals surface area (Å²) in [7, 11) is 3.41. The number of aromatic nitrogens is 1. The van der Waals surface area contributed by atoms with Gasteiger partial charge >= 0.3 is 6.03 Å². The summed E-state index contributed by atoms with van der Waals surface area (Å²) in [5.74, 6) is 0.623. The van der Waals surface area contributed by atoms with Gasteiger partial charge in [0.25, 0.3) is 0 Å². The van der Waals surface area contributed by atoms with Gasteiger partial charge in [0.2, 0.25) is 5.91 Å².